The summed E-state index contributed by atoms with van der Waals surface area (Å²) >= 11 is 0. The van der Waals surface area contributed by atoms with Crippen molar-refractivity contribution in [2.24, 2.45) is 0 Å². The lowest BCUT2D eigenvalue weighted by Gasteiger charge is -2.15. The Hall–Kier alpha value is -4.32. The number of hydrogen-bond acceptors (Lipinski definition) is 6. The summed E-state index contributed by atoms with van der Waals surface area (Å²) in [4.78, 5) is 28.4. The van der Waals surface area contributed by atoms with Gasteiger partial charge in [-0.15, -0.1) is 0 Å². The molecule has 1 aromatic heterocycles. The molecule has 3 rings (SSSR count). The van der Waals surface area contributed by atoms with Crippen molar-refractivity contribution in [3.05, 3.63) is 66.2 Å². The highest BCUT2D eigenvalue weighted by molar-refractivity contribution is 6.00. The first-order valence-electron chi connectivity index (χ1n) is 11.0. The summed E-state index contributed by atoms with van der Waals surface area (Å²) in [6.07, 6.45) is 3.69. The molecule has 0 aliphatic rings. The van der Waals surface area contributed by atoms with E-state index in [1.807, 2.05) is 32.0 Å². The Bertz CT molecular complexity index is 1150. The second kappa shape index (κ2) is 12.1. The standard InChI is InChI=1S/C25H27N5O4/c1-3-21(8-5-11-26)34-25(32)28-14-18-6-4-7-19(13-18)29-24(31)30-20-9-10-22(17(2)12-20)23-15-27-16-33-23/h4,6-7,9-10,12-13,15-16,21H,3,5,8,14H2,1-2H3,(H,28,32)(H2,29,30,31)/t21-/m1/s1. The molecule has 3 N–H and O–H groups in total. The molecule has 0 saturated carbocycles. The lowest BCUT2D eigenvalue weighted by Crippen LogP contribution is -2.28. The number of urea groups is 1. The predicted molar refractivity (Wildman–Crippen MR) is 128 cm³/mol. The number of nitriles is 1. The maximum absolute atomic E-state index is 12.5. The number of carbonyl (C=O) groups excluding carboxylic acids is 2. The van der Waals surface area contributed by atoms with Crippen LogP contribution in [-0.4, -0.2) is 23.2 Å². The van der Waals surface area contributed by atoms with Gasteiger partial charge in [0, 0.05) is 29.9 Å². The number of aromatic nitrogens is 1. The second-order valence-electron chi connectivity index (χ2n) is 7.66. The molecular weight excluding hydrogens is 434 g/mol. The van der Waals surface area contributed by atoms with Gasteiger partial charge in [-0.1, -0.05) is 19.1 Å². The Balaban J connectivity index is 1.52. The van der Waals surface area contributed by atoms with Gasteiger partial charge in [0.2, 0.25) is 0 Å². The lowest BCUT2D eigenvalue weighted by molar-refractivity contribution is 0.0906. The van der Waals surface area contributed by atoms with Gasteiger partial charge >= 0.3 is 12.1 Å². The average molecular weight is 462 g/mol. The third kappa shape index (κ3) is 7.10. The summed E-state index contributed by atoms with van der Waals surface area (Å²) in [5.74, 6) is 0.662. The number of aryl methyl sites for hydroxylation is 1. The van der Waals surface area contributed by atoms with E-state index in [0.29, 0.717) is 36.4 Å². The Morgan fingerprint density at radius 1 is 1.18 bits per heavy atom. The number of carbonyl (C=O) groups is 2. The number of anilines is 2. The van der Waals surface area contributed by atoms with Gasteiger partial charge in [0.05, 0.1) is 12.3 Å². The molecule has 1 heterocycles. The minimum absolute atomic E-state index is 0.243. The SMILES string of the molecule is CC[C@H](CCC#N)OC(=O)NCc1cccc(NC(=O)Nc2ccc(-c3cnco3)c(C)c2)c1. The average Bonchev–Trinajstić information content (AvgIpc) is 3.35. The second-order valence-corrected chi connectivity index (χ2v) is 7.66. The van der Waals surface area contributed by atoms with Crippen molar-refractivity contribution in [2.45, 2.75) is 45.8 Å². The first kappa shape index (κ1) is 24.3. The fraction of sp³-hybridized carbons (Fsp3) is 0.280. The molecule has 1 atom stereocenters. The number of nitrogens with zero attached hydrogens (tertiary/aromatic N) is 2. The first-order chi connectivity index (χ1) is 16.5. The Morgan fingerprint density at radius 3 is 2.65 bits per heavy atom. The molecule has 9 nitrogen and oxygen atoms in total. The summed E-state index contributed by atoms with van der Waals surface area (Å²) in [6.45, 7) is 4.07. The molecule has 0 saturated heterocycles. The Labute approximate surface area is 198 Å². The van der Waals surface area contributed by atoms with Crippen molar-refractivity contribution >= 4 is 23.5 Å². The van der Waals surface area contributed by atoms with Crippen LogP contribution in [0.3, 0.4) is 0 Å². The summed E-state index contributed by atoms with van der Waals surface area (Å²) in [7, 11) is 0. The number of ether oxygens (including phenoxy) is 1. The van der Waals surface area contributed by atoms with Gasteiger partial charge in [-0.3, -0.25) is 0 Å². The summed E-state index contributed by atoms with van der Waals surface area (Å²) in [6, 6.07) is 14.3. The van der Waals surface area contributed by atoms with Gasteiger partial charge in [-0.25, -0.2) is 14.6 Å². The van der Waals surface area contributed by atoms with E-state index >= 15 is 0 Å². The van der Waals surface area contributed by atoms with Crippen LogP contribution >= 0.6 is 0 Å². The molecule has 0 unspecified atom stereocenters. The molecule has 0 radical (unpaired) electrons. The van der Waals surface area contributed by atoms with E-state index in [2.05, 4.69) is 27.0 Å². The van der Waals surface area contributed by atoms with Crippen LogP contribution in [0, 0.1) is 18.3 Å². The van der Waals surface area contributed by atoms with Crippen molar-refractivity contribution in [2.75, 3.05) is 10.6 Å². The van der Waals surface area contributed by atoms with Crippen LogP contribution in [0.5, 0.6) is 0 Å². The first-order valence-corrected chi connectivity index (χ1v) is 11.0. The maximum atomic E-state index is 12.5. The summed E-state index contributed by atoms with van der Waals surface area (Å²) in [5.41, 5.74) is 3.86. The van der Waals surface area contributed by atoms with Gasteiger partial charge in [0.25, 0.3) is 0 Å². The Morgan fingerprint density at radius 2 is 1.97 bits per heavy atom. The maximum Gasteiger partial charge on any atom is 0.407 e. The molecule has 3 aromatic rings. The van der Waals surface area contributed by atoms with Gasteiger partial charge < -0.3 is 25.1 Å². The molecule has 9 heteroatoms. The monoisotopic (exact) mass is 461 g/mol. The number of alkyl carbamates (subject to hydrolysis) is 1. The number of hydrogen-bond donors (Lipinski definition) is 3. The molecule has 176 valence electrons. The molecule has 2 aromatic carbocycles. The highest BCUT2D eigenvalue weighted by Crippen LogP contribution is 2.25. The van der Waals surface area contributed by atoms with Crippen molar-refractivity contribution < 1.29 is 18.7 Å². The van der Waals surface area contributed by atoms with Crippen LogP contribution < -0.4 is 16.0 Å². The van der Waals surface area contributed by atoms with E-state index in [1.165, 1.54) is 6.39 Å². The predicted octanol–water partition coefficient (Wildman–Crippen LogP) is 5.60. The quantitative estimate of drug-likeness (QED) is 0.380. The molecule has 0 spiro atoms. The van der Waals surface area contributed by atoms with Crippen molar-refractivity contribution in [1.29, 1.82) is 5.26 Å². The number of nitrogens with one attached hydrogen (secondary N) is 3. The Kier molecular flexibility index (Phi) is 8.63. The number of amides is 3. The zero-order valence-corrected chi connectivity index (χ0v) is 19.1. The van der Waals surface area contributed by atoms with E-state index in [1.54, 1.807) is 30.5 Å². The van der Waals surface area contributed by atoms with E-state index in [4.69, 9.17) is 14.4 Å². The molecule has 3 amide bonds. The molecular formula is C25H27N5O4. The minimum atomic E-state index is -0.537. The van der Waals surface area contributed by atoms with E-state index in [-0.39, 0.29) is 18.7 Å². The summed E-state index contributed by atoms with van der Waals surface area (Å²) in [5, 5.41) is 17.0. The molecule has 0 fully saturated rings. The molecule has 0 bridgehead atoms. The smallest absolute Gasteiger partial charge is 0.407 e. The van der Waals surface area contributed by atoms with Gasteiger partial charge in [0.15, 0.2) is 12.2 Å². The van der Waals surface area contributed by atoms with E-state index < -0.39 is 6.09 Å². The number of oxazole rings is 1. The fourth-order valence-corrected chi connectivity index (χ4v) is 3.36. The molecule has 34 heavy (non-hydrogen) atoms. The highest BCUT2D eigenvalue weighted by atomic mass is 16.6. The van der Waals surface area contributed by atoms with E-state index in [0.717, 1.165) is 16.7 Å². The van der Waals surface area contributed by atoms with Gasteiger partial charge in [0.1, 0.15) is 6.10 Å². The fourth-order valence-electron chi connectivity index (χ4n) is 3.36. The van der Waals surface area contributed by atoms with Crippen LogP contribution in [0.15, 0.2) is 59.5 Å². The van der Waals surface area contributed by atoms with Crippen LogP contribution in [0.25, 0.3) is 11.3 Å². The highest BCUT2D eigenvalue weighted by Gasteiger charge is 2.12. The normalized spacial score (nSPS) is 11.2. The van der Waals surface area contributed by atoms with Gasteiger partial charge in [-0.2, -0.15) is 5.26 Å². The number of rotatable bonds is 9. The van der Waals surface area contributed by atoms with Crippen LogP contribution in [-0.2, 0) is 11.3 Å². The summed E-state index contributed by atoms with van der Waals surface area (Å²) < 4.78 is 10.7. The molecule has 0 aliphatic heterocycles. The lowest BCUT2D eigenvalue weighted by atomic mass is 10.1. The zero-order chi connectivity index (χ0) is 24.3. The molecule has 0 aliphatic carbocycles. The van der Waals surface area contributed by atoms with Crippen LogP contribution in [0.2, 0.25) is 0 Å². The number of benzene rings is 2. The third-order valence-corrected chi connectivity index (χ3v) is 5.11. The minimum Gasteiger partial charge on any atom is -0.446 e. The van der Waals surface area contributed by atoms with Gasteiger partial charge in [-0.05, 0) is 61.2 Å². The third-order valence-electron chi connectivity index (χ3n) is 5.11. The van der Waals surface area contributed by atoms with Crippen LogP contribution in [0.4, 0.5) is 21.0 Å². The van der Waals surface area contributed by atoms with E-state index in [9.17, 15) is 9.59 Å². The van der Waals surface area contributed by atoms with Crippen LogP contribution in [0.1, 0.15) is 37.3 Å². The zero-order valence-electron chi connectivity index (χ0n) is 19.1. The topological polar surface area (TPSA) is 129 Å². The van der Waals surface area contributed by atoms with Crippen molar-refractivity contribution in [3.63, 3.8) is 0 Å². The van der Waals surface area contributed by atoms with Crippen molar-refractivity contribution in [3.8, 4) is 17.4 Å². The van der Waals surface area contributed by atoms with Crippen molar-refractivity contribution in [1.82, 2.24) is 10.3 Å². The largest absolute Gasteiger partial charge is 0.446 e.